The first kappa shape index (κ1) is 16.5. The number of thiophene rings is 1. The number of benzene rings is 1. The summed E-state index contributed by atoms with van der Waals surface area (Å²) in [5.41, 5.74) is 4.68. The summed E-state index contributed by atoms with van der Waals surface area (Å²) in [6, 6.07) is 7.42. The minimum atomic E-state index is -0.168. The van der Waals surface area contributed by atoms with Gasteiger partial charge < -0.3 is 9.47 Å². The Bertz CT molecular complexity index is 744. The number of carbonyl (C=O) groups is 1. The fourth-order valence-electron chi connectivity index (χ4n) is 2.74. The molecule has 1 aromatic heterocycles. The van der Waals surface area contributed by atoms with Crippen LogP contribution in [0.1, 0.15) is 38.5 Å². The van der Waals surface area contributed by atoms with Crippen molar-refractivity contribution in [2.45, 2.75) is 25.7 Å². The fraction of sp³-hybridized carbons (Fsp3) is 0.333. The van der Waals surface area contributed by atoms with Crippen LogP contribution < -0.4 is 14.9 Å². The molecule has 1 aromatic carbocycles. The van der Waals surface area contributed by atoms with Crippen LogP contribution in [0.25, 0.3) is 0 Å². The molecule has 24 heavy (non-hydrogen) atoms. The van der Waals surface area contributed by atoms with E-state index in [9.17, 15) is 4.79 Å². The van der Waals surface area contributed by atoms with E-state index in [1.165, 1.54) is 23.3 Å². The number of rotatable bonds is 5. The summed E-state index contributed by atoms with van der Waals surface area (Å²) in [7, 11) is 3.18. The highest BCUT2D eigenvalue weighted by molar-refractivity contribution is 7.14. The molecular formula is C18H20N2O3S. The predicted molar refractivity (Wildman–Crippen MR) is 95.6 cm³/mol. The van der Waals surface area contributed by atoms with E-state index < -0.39 is 0 Å². The first-order chi connectivity index (χ1) is 11.7. The second-order valence-corrected chi connectivity index (χ2v) is 6.71. The van der Waals surface area contributed by atoms with Crippen LogP contribution in [0.2, 0.25) is 0 Å². The summed E-state index contributed by atoms with van der Waals surface area (Å²) in [5.74, 6) is 1.18. The van der Waals surface area contributed by atoms with E-state index in [1.54, 1.807) is 37.8 Å². The minimum Gasteiger partial charge on any atom is -0.497 e. The van der Waals surface area contributed by atoms with Crippen molar-refractivity contribution in [2.75, 3.05) is 14.2 Å². The Balaban J connectivity index is 1.67. The lowest BCUT2D eigenvalue weighted by atomic mass is 9.99. The largest absolute Gasteiger partial charge is 0.497 e. The molecule has 126 valence electrons. The van der Waals surface area contributed by atoms with Gasteiger partial charge in [-0.2, -0.15) is 5.10 Å². The molecule has 3 rings (SSSR count). The first-order valence-corrected chi connectivity index (χ1v) is 8.70. The number of nitrogens with one attached hydrogen (secondary N) is 1. The quantitative estimate of drug-likeness (QED) is 0.668. The molecule has 0 saturated heterocycles. The molecule has 1 aliphatic rings. The van der Waals surface area contributed by atoms with E-state index in [0.717, 1.165) is 23.3 Å². The Kier molecular flexibility index (Phi) is 5.15. The number of fused-ring (bicyclic) bond motifs is 1. The van der Waals surface area contributed by atoms with Gasteiger partial charge in [0, 0.05) is 16.5 Å². The van der Waals surface area contributed by atoms with Gasteiger partial charge in [-0.1, -0.05) is 0 Å². The van der Waals surface area contributed by atoms with Gasteiger partial charge in [-0.05, 0) is 49.4 Å². The van der Waals surface area contributed by atoms with Gasteiger partial charge in [0.05, 0.1) is 25.3 Å². The van der Waals surface area contributed by atoms with Crippen molar-refractivity contribution in [2.24, 2.45) is 5.10 Å². The van der Waals surface area contributed by atoms with Crippen LogP contribution in [0, 0.1) is 0 Å². The highest BCUT2D eigenvalue weighted by atomic mass is 32.1. The Morgan fingerprint density at radius 1 is 1.21 bits per heavy atom. The maximum absolute atomic E-state index is 12.2. The van der Waals surface area contributed by atoms with Crippen molar-refractivity contribution in [1.82, 2.24) is 5.43 Å². The van der Waals surface area contributed by atoms with E-state index in [1.807, 2.05) is 18.2 Å². The number of ether oxygens (including phenoxy) is 2. The van der Waals surface area contributed by atoms with Gasteiger partial charge >= 0.3 is 0 Å². The van der Waals surface area contributed by atoms with Gasteiger partial charge in [-0.25, -0.2) is 5.43 Å². The lowest BCUT2D eigenvalue weighted by molar-refractivity contribution is 0.0959. The van der Waals surface area contributed by atoms with Gasteiger partial charge in [-0.3, -0.25) is 4.79 Å². The lowest BCUT2D eigenvalue weighted by Gasteiger charge is -2.08. The van der Waals surface area contributed by atoms with Crippen LogP contribution >= 0.6 is 11.3 Å². The molecule has 0 bridgehead atoms. The van der Waals surface area contributed by atoms with Crippen LogP contribution in [-0.2, 0) is 12.8 Å². The molecule has 0 saturated carbocycles. The molecule has 6 heteroatoms. The van der Waals surface area contributed by atoms with Gasteiger partial charge in [-0.15, -0.1) is 11.3 Å². The maximum Gasteiger partial charge on any atom is 0.281 e. The average Bonchev–Trinajstić information content (AvgIpc) is 3.06. The topological polar surface area (TPSA) is 59.9 Å². The minimum absolute atomic E-state index is 0.168. The molecule has 1 N–H and O–H groups in total. The Morgan fingerprint density at radius 3 is 2.79 bits per heavy atom. The summed E-state index contributed by atoms with van der Waals surface area (Å²) in [6.45, 7) is 0. The van der Waals surface area contributed by atoms with Crippen molar-refractivity contribution >= 4 is 23.5 Å². The van der Waals surface area contributed by atoms with Crippen molar-refractivity contribution < 1.29 is 14.3 Å². The van der Waals surface area contributed by atoms with Crippen molar-refractivity contribution in [3.8, 4) is 11.5 Å². The van der Waals surface area contributed by atoms with E-state index >= 15 is 0 Å². The third-order valence-electron chi connectivity index (χ3n) is 4.03. The molecule has 0 radical (unpaired) electrons. The third-order valence-corrected chi connectivity index (χ3v) is 5.27. The smallest absolute Gasteiger partial charge is 0.281 e. The van der Waals surface area contributed by atoms with E-state index in [-0.39, 0.29) is 5.91 Å². The summed E-state index contributed by atoms with van der Waals surface area (Å²) < 4.78 is 10.5. The van der Waals surface area contributed by atoms with Gasteiger partial charge in [0.25, 0.3) is 5.91 Å². The second-order valence-electron chi connectivity index (χ2n) is 5.57. The van der Waals surface area contributed by atoms with Crippen LogP contribution in [0.3, 0.4) is 0 Å². The number of carbonyl (C=O) groups excluding carboxylic acids is 1. The summed E-state index contributed by atoms with van der Waals surface area (Å²) in [6.07, 6.45) is 6.15. The monoisotopic (exact) mass is 344 g/mol. The zero-order chi connectivity index (χ0) is 16.9. The molecule has 5 nitrogen and oxygen atoms in total. The summed E-state index contributed by atoms with van der Waals surface area (Å²) in [5, 5.41) is 4.05. The summed E-state index contributed by atoms with van der Waals surface area (Å²) in [4.78, 5) is 14.3. The molecule has 0 atom stereocenters. The van der Waals surface area contributed by atoms with Crippen molar-refractivity contribution in [3.63, 3.8) is 0 Å². The molecule has 1 amide bonds. The standard InChI is InChI=1S/C18H20N2O3S/c1-22-14-8-7-13(15(10-14)23-2)11-19-20-18(21)17-9-12-5-3-4-6-16(12)24-17/h7-11H,3-6H2,1-2H3,(H,20,21). The van der Waals surface area contributed by atoms with E-state index in [0.29, 0.717) is 11.5 Å². The number of hydrogen-bond acceptors (Lipinski definition) is 5. The SMILES string of the molecule is COc1ccc(C=NNC(=O)c2cc3c(s2)CCCC3)c(OC)c1. The Labute approximate surface area is 145 Å². The average molecular weight is 344 g/mol. The number of hydrogen-bond donors (Lipinski definition) is 1. The van der Waals surface area contributed by atoms with Crippen molar-refractivity contribution in [3.05, 3.63) is 45.1 Å². The molecule has 0 spiro atoms. The molecule has 0 unspecified atom stereocenters. The molecule has 1 aliphatic carbocycles. The molecule has 1 heterocycles. The molecule has 0 fully saturated rings. The highest BCUT2D eigenvalue weighted by Crippen LogP contribution is 2.29. The highest BCUT2D eigenvalue weighted by Gasteiger charge is 2.16. The van der Waals surface area contributed by atoms with E-state index in [2.05, 4.69) is 10.5 Å². The number of hydrazone groups is 1. The van der Waals surface area contributed by atoms with Gasteiger partial charge in [0.1, 0.15) is 11.5 Å². The van der Waals surface area contributed by atoms with E-state index in [4.69, 9.17) is 9.47 Å². The number of nitrogens with zero attached hydrogens (tertiary/aromatic N) is 1. The van der Waals surface area contributed by atoms with Crippen LogP contribution in [-0.4, -0.2) is 26.3 Å². The first-order valence-electron chi connectivity index (χ1n) is 7.88. The normalized spacial score (nSPS) is 13.6. The Morgan fingerprint density at radius 2 is 2.04 bits per heavy atom. The number of methoxy groups -OCH3 is 2. The molecule has 0 aliphatic heterocycles. The Hall–Kier alpha value is -2.34. The third kappa shape index (κ3) is 3.59. The zero-order valence-electron chi connectivity index (χ0n) is 13.8. The summed E-state index contributed by atoms with van der Waals surface area (Å²) >= 11 is 1.58. The van der Waals surface area contributed by atoms with Gasteiger partial charge in [0.2, 0.25) is 0 Å². The molecular weight excluding hydrogens is 324 g/mol. The number of aryl methyl sites for hydroxylation is 2. The lowest BCUT2D eigenvalue weighted by Crippen LogP contribution is -2.16. The van der Waals surface area contributed by atoms with Gasteiger partial charge in [0.15, 0.2) is 0 Å². The van der Waals surface area contributed by atoms with Crippen LogP contribution in [0.15, 0.2) is 29.4 Å². The van der Waals surface area contributed by atoms with Crippen LogP contribution in [0.5, 0.6) is 11.5 Å². The van der Waals surface area contributed by atoms with Crippen molar-refractivity contribution in [1.29, 1.82) is 0 Å². The zero-order valence-corrected chi connectivity index (χ0v) is 14.6. The maximum atomic E-state index is 12.2. The number of amides is 1. The molecule has 2 aromatic rings. The predicted octanol–water partition coefficient (Wildman–Crippen LogP) is 3.41. The van der Waals surface area contributed by atoms with Crippen LogP contribution in [0.4, 0.5) is 0 Å². The fourth-order valence-corrected chi connectivity index (χ4v) is 3.89. The second kappa shape index (κ2) is 7.49.